The summed E-state index contributed by atoms with van der Waals surface area (Å²) in [5.74, 6) is 0. The molecule has 1 aromatic rings. The van der Waals surface area contributed by atoms with Crippen molar-refractivity contribution in [2.24, 2.45) is 0 Å². The molecule has 0 saturated heterocycles. The van der Waals surface area contributed by atoms with Crippen LogP contribution in [0.2, 0.25) is 0 Å². The van der Waals surface area contributed by atoms with Crippen molar-refractivity contribution in [3.05, 3.63) is 41.8 Å². The summed E-state index contributed by atoms with van der Waals surface area (Å²) in [4.78, 5) is 0. The quantitative estimate of drug-likeness (QED) is 0.510. The molecule has 0 heteroatoms. The zero-order valence-corrected chi connectivity index (χ0v) is 7.47. The third kappa shape index (κ3) is 1.38. The molecule has 2 rings (SSSR count). The minimum atomic E-state index is 1.24. The highest BCUT2D eigenvalue weighted by atomic mass is 14.1. The SMILES string of the molecule is [CH2]c1cccc2c1CCCCC2. The van der Waals surface area contributed by atoms with E-state index in [4.69, 9.17) is 0 Å². The molecule has 63 valence electrons. The fourth-order valence-electron chi connectivity index (χ4n) is 2.04. The van der Waals surface area contributed by atoms with Gasteiger partial charge in [0.05, 0.1) is 0 Å². The molecular formula is C12H15. The minimum absolute atomic E-state index is 1.24. The van der Waals surface area contributed by atoms with Crippen molar-refractivity contribution >= 4 is 0 Å². The number of aryl methyl sites for hydroxylation is 1. The Morgan fingerprint density at radius 3 is 2.75 bits per heavy atom. The zero-order chi connectivity index (χ0) is 8.39. The third-order valence-corrected chi connectivity index (χ3v) is 2.74. The fourth-order valence-corrected chi connectivity index (χ4v) is 2.04. The molecular weight excluding hydrogens is 144 g/mol. The summed E-state index contributed by atoms with van der Waals surface area (Å²) in [5.41, 5.74) is 4.31. The second-order valence-corrected chi connectivity index (χ2v) is 3.62. The molecule has 1 aliphatic carbocycles. The van der Waals surface area contributed by atoms with Gasteiger partial charge in [-0.1, -0.05) is 24.6 Å². The summed E-state index contributed by atoms with van der Waals surface area (Å²) < 4.78 is 0. The highest BCUT2D eigenvalue weighted by Gasteiger charge is 2.08. The molecule has 0 amide bonds. The first-order valence-electron chi connectivity index (χ1n) is 4.80. The lowest BCUT2D eigenvalue weighted by Crippen LogP contribution is -1.93. The second-order valence-electron chi connectivity index (χ2n) is 3.62. The van der Waals surface area contributed by atoms with Crippen LogP contribution in [0.15, 0.2) is 18.2 Å². The predicted octanol–water partition coefficient (Wildman–Crippen LogP) is 3.14. The maximum absolute atomic E-state index is 4.08. The lowest BCUT2D eigenvalue weighted by Gasteiger charge is -2.07. The van der Waals surface area contributed by atoms with Crippen molar-refractivity contribution in [1.29, 1.82) is 0 Å². The third-order valence-electron chi connectivity index (χ3n) is 2.74. The van der Waals surface area contributed by atoms with Crippen molar-refractivity contribution < 1.29 is 0 Å². The molecule has 0 nitrogen and oxygen atoms in total. The number of fused-ring (bicyclic) bond motifs is 1. The summed E-state index contributed by atoms with van der Waals surface area (Å²) in [7, 11) is 0. The standard InChI is InChI=1S/C12H15/c1-10-6-5-8-11-7-3-2-4-9-12(10)11/h5-6,8H,1-4,7,9H2. The highest BCUT2D eigenvalue weighted by molar-refractivity contribution is 5.37. The normalized spacial score (nSPS) is 16.8. The van der Waals surface area contributed by atoms with Crippen LogP contribution in [0, 0.1) is 6.92 Å². The summed E-state index contributed by atoms with van der Waals surface area (Å²) in [6.07, 6.45) is 6.60. The van der Waals surface area contributed by atoms with Crippen LogP contribution in [-0.4, -0.2) is 0 Å². The van der Waals surface area contributed by atoms with E-state index in [-0.39, 0.29) is 0 Å². The Bertz CT molecular complexity index is 273. The Morgan fingerprint density at radius 2 is 1.83 bits per heavy atom. The number of rotatable bonds is 0. The Labute approximate surface area is 74.6 Å². The largest absolute Gasteiger partial charge is 0.0617 e. The lowest BCUT2D eigenvalue weighted by molar-refractivity contribution is 0.711. The molecule has 1 aliphatic rings. The first-order chi connectivity index (χ1) is 5.88. The summed E-state index contributed by atoms with van der Waals surface area (Å²) in [6, 6.07) is 6.52. The van der Waals surface area contributed by atoms with Crippen LogP contribution in [0.1, 0.15) is 36.0 Å². The van der Waals surface area contributed by atoms with Gasteiger partial charge in [0.2, 0.25) is 0 Å². The van der Waals surface area contributed by atoms with Gasteiger partial charge >= 0.3 is 0 Å². The molecule has 0 spiro atoms. The number of benzene rings is 1. The second kappa shape index (κ2) is 3.30. The van der Waals surface area contributed by atoms with Crippen LogP contribution < -0.4 is 0 Å². The van der Waals surface area contributed by atoms with Crippen LogP contribution in [0.4, 0.5) is 0 Å². The zero-order valence-electron chi connectivity index (χ0n) is 7.47. The maximum Gasteiger partial charge on any atom is -0.0235 e. The predicted molar refractivity (Wildman–Crippen MR) is 52.2 cm³/mol. The van der Waals surface area contributed by atoms with Crippen LogP contribution >= 0.6 is 0 Å². The average molecular weight is 159 g/mol. The lowest BCUT2D eigenvalue weighted by atomic mass is 9.98. The van der Waals surface area contributed by atoms with Crippen LogP contribution in [0.3, 0.4) is 0 Å². The van der Waals surface area contributed by atoms with Crippen molar-refractivity contribution in [2.45, 2.75) is 32.1 Å². The van der Waals surface area contributed by atoms with Gasteiger partial charge in [0.25, 0.3) is 0 Å². The molecule has 0 atom stereocenters. The van der Waals surface area contributed by atoms with Gasteiger partial charge in [-0.2, -0.15) is 0 Å². The van der Waals surface area contributed by atoms with Crippen molar-refractivity contribution in [1.82, 2.24) is 0 Å². The van der Waals surface area contributed by atoms with E-state index < -0.39 is 0 Å². The van der Waals surface area contributed by atoms with E-state index in [1.165, 1.54) is 43.2 Å². The molecule has 0 aromatic heterocycles. The van der Waals surface area contributed by atoms with Gasteiger partial charge in [-0.3, -0.25) is 0 Å². The molecule has 0 saturated carbocycles. The topological polar surface area (TPSA) is 0 Å². The van der Waals surface area contributed by atoms with Crippen LogP contribution in [0.5, 0.6) is 0 Å². The molecule has 0 fully saturated rings. The molecule has 1 radical (unpaired) electrons. The Balaban J connectivity index is 2.42. The summed E-state index contributed by atoms with van der Waals surface area (Å²) in [5, 5.41) is 0. The van der Waals surface area contributed by atoms with Crippen molar-refractivity contribution in [3.63, 3.8) is 0 Å². The summed E-state index contributed by atoms with van der Waals surface area (Å²) >= 11 is 0. The molecule has 0 N–H and O–H groups in total. The van der Waals surface area contributed by atoms with Crippen LogP contribution in [-0.2, 0) is 12.8 Å². The van der Waals surface area contributed by atoms with E-state index >= 15 is 0 Å². The van der Waals surface area contributed by atoms with Gasteiger partial charge in [0, 0.05) is 0 Å². The van der Waals surface area contributed by atoms with Gasteiger partial charge in [-0.25, -0.2) is 0 Å². The molecule has 0 aliphatic heterocycles. The monoisotopic (exact) mass is 159 g/mol. The smallest absolute Gasteiger partial charge is 0.0235 e. The average Bonchev–Trinajstić information content (AvgIpc) is 2.30. The molecule has 0 bridgehead atoms. The number of hydrogen-bond acceptors (Lipinski definition) is 0. The maximum atomic E-state index is 4.08. The van der Waals surface area contributed by atoms with E-state index in [1.54, 1.807) is 5.56 Å². The van der Waals surface area contributed by atoms with Gasteiger partial charge in [-0.15, -0.1) is 0 Å². The number of hydrogen-bond donors (Lipinski definition) is 0. The van der Waals surface area contributed by atoms with E-state index in [9.17, 15) is 0 Å². The van der Waals surface area contributed by atoms with Gasteiger partial charge in [-0.05, 0) is 49.3 Å². The molecule has 12 heavy (non-hydrogen) atoms. The summed E-state index contributed by atoms with van der Waals surface area (Å²) in [6.45, 7) is 4.08. The highest BCUT2D eigenvalue weighted by Crippen LogP contribution is 2.22. The van der Waals surface area contributed by atoms with Crippen molar-refractivity contribution in [3.8, 4) is 0 Å². The minimum Gasteiger partial charge on any atom is -0.0617 e. The van der Waals surface area contributed by atoms with Gasteiger partial charge < -0.3 is 0 Å². The van der Waals surface area contributed by atoms with E-state index in [0.717, 1.165) is 0 Å². The van der Waals surface area contributed by atoms with E-state index in [2.05, 4.69) is 25.1 Å². The molecule has 1 aromatic carbocycles. The Hall–Kier alpha value is -0.780. The van der Waals surface area contributed by atoms with Crippen molar-refractivity contribution in [2.75, 3.05) is 0 Å². The molecule has 0 unspecified atom stereocenters. The molecule has 0 heterocycles. The van der Waals surface area contributed by atoms with E-state index in [0.29, 0.717) is 0 Å². The Kier molecular flexibility index (Phi) is 2.16. The van der Waals surface area contributed by atoms with Crippen LogP contribution in [0.25, 0.3) is 0 Å². The first kappa shape index (κ1) is 7.85. The first-order valence-corrected chi connectivity index (χ1v) is 4.80. The van der Waals surface area contributed by atoms with Gasteiger partial charge in [0.1, 0.15) is 0 Å². The fraction of sp³-hybridized carbons (Fsp3) is 0.417. The van der Waals surface area contributed by atoms with E-state index in [1.807, 2.05) is 0 Å². The van der Waals surface area contributed by atoms with Gasteiger partial charge in [0.15, 0.2) is 0 Å². The Morgan fingerprint density at radius 1 is 1.00 bits per heavy atom.